The highest BCUT2D eigenvalue weighted by molar-refractivity contribution is 7.79. The molecule has 0 aliphatic carbocycles. The molecular weight excluding hydrogens is 454 g/mol. The number of hydrogen-bond acceptors (Lipinski definition) is 7. The van der Waals surface area contributed by atoms with Gasteiger partial charge >= 0.3 is 0 Å². The fourth-order valence-electron chi connectivity index (χ4n) is 4.80. The number of ether oxygens (including phenoxy) is 1. The first-order chi connectivity index (χ1) is 15.6. The van der Waals surface area contributed by atoms with Crippen molar-refractivity contribution in [3.63, 3.8) is 0 Å². The molecule has 2 aliphatic rings. The van der Waals surface area contributed by atoms with Crippen LogP contribution in [-0.4, -0.2) is 76.3 Å². The average Bonchev–Trinajstić information content (AvgIpc) is 3.14. The number of nitrogens with zero attached hydrogens (tertiary/aromatic N) is 6. The van der Waals surface area contributed by atoms with E-state index in [1.165, 1.54) is 12.3 Å². The van der Waals surface area contributed by atoms with Gasteiger partial charge in [-0.25, -0.2) is 27.9 Å². The number of halogens is 2. The van der Waals surface area contributed by atoms with Gasteiger partial charge < -0.3 is 14.2 Å². The van der Waals surface area contributed by atoms with Crippen LogP contribution in [0.25, 0.3) is 17.2 Å². The molecule has 0 saturated carbocycles. The van der Waals surface area contributed by atoms with Gasteiger partial charge in [0, 0.05) is 37.6 Å². The maximum absolute atomic E-state index is 13.2. The number of morpholine rings is 1. The van der Waals surface area contributed by atoms with Crippen LogP contribution in [0.3, 0.4) is 0 Å². The lowest BCUT2D eigenvalue weighted by Crippen LogP contribution is -2.73. The zero-order valence-corrected chi connectivity index (χ0v) is 19.0. The molecule has 2 fully saturated rings. The van der Waals surface area contributed by atoms with Crippen LogP contribution in [0.15, 0.2) is 36.8 Å². The third kappa shape index (κ3) is 4.35. The van der Waals surface area contributed by atoms with Gasteiger partial charge in [0.15, 0.2) is 16.9 Å². The van der Waals surface area contributed by atoms with Crippen molar-refractivity contribution in [2.45, 2.75) is 31.5 Å². The number of fused-ring (bicyclic) bond motifs is 1. The van der Waals surface area contributed by atoms with Crippen LogP contribution in [0.5, 0.6) is 0 Å². The number of imidazole rings is 1. The highest BCUT2D eigenvalue weighted by atomic mass is 32.2. The van der Waals surface area contributed by atoms with Crippen LogP contribution >= 0.6 is 0 Å². The Morgan fingerprint density at radius 1 is 1.18 bits per heavy atom. The van der Waals surface area contributed by atoms with Gasteiger partial charge in [0.2, 0.25) is 0 Å². The number of alkyl halides is 2. The number of hydrogen-bond donors (Lipinski definition) is 1. The van der Waals surface area contributed by atoms with E-state index in [0.717, 1.165) is 0 Å². The minimum absolute atomic E-state index is 0.0953. The first-order valence-electron chi connectivity index (χ1n) is 10.5. The molecule has 12 heteroatoms. The van der Waals surface area contributed by atoms with Crippen molar-refractivity contribution >= 4 is 22.5 Å². The molecule has 0 bridgehead atoms. The van der Waals surface area contributed by atoms with Crippen molar-refractivity contribution in [2.24, 2.45) is 0 Å². The fourth-order valence-corrected chi connectivity index (χ4v) is 5.29. The molecule has 9 nitrogen and oxygen atoms in total. The minimum atomic E-state index is -2.59. The van der Waals surface area contributed by atoms with Gasteiger partial charge in [0.05, 0.1) is 18.3 Å². The zero-order valence-electron chi connectivity index (χ0n) is 18.2. The molecule has 5 rings (SSSR count). The molecule has 0 amide bonds. The summed E-state index contributed by atoms with van der Waals surface area (Å²) in [6.45, 7) is 6.30. The molecule has 0 aromatic carbocycles. The highest BCUT2D eigenvalue weighted by Crippen LogP contribution is 2.37. The number of anilines is 1. The van der Waals surface area contributed by atoms with Crippen LogP contribution in [0.2, 0.25) is 0 Å². The van der Waals surface area contributed by atoms with Gasteiger partial charge in [-0.3, -0.25) is 9.30 Å². The molecule has 2 aliphatic heterocycles. The van der Waals surface area contributed by atoms with Gasteiger partial charge in [-0.05, 0) is 32.0 Å². The SMILES string of the molecule is CC1(C)CN(c2ccnc(-c3cnc4ccc(C(F)F)cn34)n2)CC2(CN(CS(=O)O)C2)O1. The van der Waals surface area contributed by atoms with E-state index in [-0.39, 0.29) is 11.4 Å². The summed E-state index contributed by atoms with van der Waals surface area (Å²) >= 11 is -1.89. The summed E-state index contributed by atoms with van der Waals surface area (Å²) in [6.07, 6.45) is 1.99. The number of pyridine rings is 1. The van der Waals surface area contributed by atoms with Gasteiger partial charge in [-0.1, -0.05) is 0 Å². The lowest BCUT2D eigenvalue weighted by atomic mass is 9.89. The Morgan fingerprint density at radius 2 is 1.97 bits per heavy atom. The van der Waals surface area contributed by atoms with Crippen LogP contribution < -0.4 is 4.90 Å². The molecule has 1 unspecified atom stereocenters. The Hall–Kier alpha value is -2.54. The molecule has 2 saturated heterocycles. The Kier molecular flexibility index (Phi) is 5.43. The van der Waals surface area contributed by atoms with Crippen molar-refractivity contribution in [1.29, 1.82) is 0 Å². The van der Waals surface area contributed by atoms with E-state index in [0.29, 0.717) is 49.2 Å². The minimum Gasteiger partial charge on any atom is -0.363 e. The lowest BCUT2D eigenvalue weighted by molar-refractivity contribution is -0.209. The Labute approximate surface area is 191 Å². The maximum atomic E-state index is 13.2. The summed E-state index contributed by atoms with van der Waals surface area (Å²) in [7, 11) is 0. The van der Waals surface area contributed by atoms with E-state index in [1.54, 1.807) is 22.9 Å². The molecule has 1 N–H and O–H groups in total. The predicted octanol–water partition coefficient (Wildman–Crippen LogP) is 2.58. The van der Waals surface area contributed by atoms with E-state index in [1.807, 2.05) is 24.8 Å². The van der Waals surface area contributed by atoms with Gasteiger partial charge in [0.25, 0.3) is 6.43 Å². The molecule has 1 atom stereocenters. The van der Waals surface area contributed by atoms with Crippen molar-refractivity contribution < 1.29 is 22.3 Å². The summed E-state index contributed by atoms with van der Waals surface area (Å²) in [5.41, 5.74) is 0.0426. The van der Waals surface area contributed by atoms with Crippen LogP contribution in [-0.2, 0) is 15.8 Å². The Morgan fingerprint density at radius 3 is 2.70 bits per heavy atom. The van der Waals surface area contributed by atoms with E-state index in [9.17, 15) is 13.0 Å². The second-order valence-corrected chi connectivity index (χ2v) is 10.1. The maximum Gasteiger partial charge on any atom is 0.265 e. The topological polar surface area (TPSA) is 96.1 Å². The lowest BCUT2D eigenvalue weighted by Gasteiger charge is -2.58. The fraction of sp³-hybridized carbons (Fsp3) is 0.476. The van der Waals surface area contributed by atoms with E-state index < -0.39 is 28.7 Å². The van der Waals surface area contributed by atoms with E-state index in [4.69, 9.17) is 14.3 Å². The van der Waals surface area contributed by atoms with Crippen LogP contribution in [0.1, 0.15) is 25.8 Å². The number of rotatable bonds is 5. The monoisotopic (exact) mass is 478 g/mol. The number of aromatic nitrogens is 4. The van der Waals surface area contributed by atoms with Crippen molar-refractivity contribution in [2.75, 3.05) is 37.0 Å². The van der Waals surface area contributed by atoms with E-state index in [2.05, 4.69) is 14.9 Å². The third-order valence-corrected chi connectivity index (χ3v) is 6.42. The standard InChI is InChI=1S/C21H24F2N6O3S/c1-20(2)9-28(12-21(32-20)10-27(11-21)13-33(30)31)17-5-6-24-19(26-17)15-7-25-16-4-3-14(18(22)23)8-29(15)16/h3-8,18H,9-13H2,1-2H3,(H,30,31). The summed E-state index contributed by atoms with van der Waals surface area (Å²) in [5.74, 6) is 1.17. The average molecular weight is 479 g/mol. The zero-order chi connectivity index (χ0) is 23.4. The van der Waals surface area contributed by atoms with Crippen molar-refractivity contribution in [1.82, 2.24) is 24.3 Å². The van der Waals surface area contributed by atoms with Gasteiger partial charge in [-0.2, -0.15) is 0 Å². The molecule has 33 heavy (non-hydrogen) atoms. The largest absolute Gasteiger partial charge is 0.363 e. The predicted molar refractivity (Wildman–Crippen MR) is 118 cm³/mol. The summed E-state index contributed by atoms with van der Waals surface area (Å²) < 4.78 is 54.7. The van der Waals surface area contributed by atoms with Crippen molar-refractivity contribution in [3.05, 3.63) is 42.4 Å². The molecule has 176 valence electrons. The smallest absolute Gasteiger partial charge is 0.265 e. The summed E-state index contributed by atoms with van der Waals surface area (Å²) in [4.78, 5) is 17.4. The Balaban J connectivity index is 1.44. The van der Waals surface area contributed by atoms with Gasteiger partial charge in [-0.15, -0.1) is 0 Å². The first kappa shape index (κ1) is 22.3. The summed E-state index contributed by atoms with van der Waals surface area (Å²) in [6, 6.07) is 4.72. The second kappa shape index (κ2) is 8.05. The first-order valence-corrected chi connectivity index (χ1v) is 11.7. The van der Waals surface area contributed by atoms with E-state index >= 15 is 0 Å². The number of likely N-dealkylation sites (tertiary alicyclic amines) is 1. The van der Waals surface area contributed by atoms with Crippen LogP contribution in [0, 0.1) is 0 Å². The molecule has 3 aromatic heterocycles. The highest BCUT2D eigenvalue weighted by Gasteiger charge is 2.52. The molecule has 3 aromatic rings. The van der Waals surface area contributed by atoms with Crippen LogP contribution in [0.4, 0.5) is 14.6 Å². The second-order valence-electron chi connectivity index (χ2n) is 9.21. The molecule has 1 spiro atoms. The quantitative estimate of drug-likeness (QED) is 0.559. The van der Waals surface area contributed by atoms with Gasteiger partial charge in [0.1, 0.15) is 28.6 Å². The van der Waals surface area contributed by atoms with Crippen molar-refractivity contribution in [3.8, 4) is 11.5 Å². The molecule has 5 heterocycles. The summed E-state index contributed by atoms with van der Waals surface area (Å²) in [5, 5.41) is 0. The normalized spacial score (nSPS) is 21.0. The molecule has 0 radical (unpaired) electrons. The third-order valence-electron chi connectivity index (χ3n) is 5.83. The molecular formula is C21H24F2N6O3S. The Bertz CT molecular complexity index is 1210.